The fraction of sp³-hybridized carbons (Fsp3) is 0.571. The van der Waals surface area contributed by atoms with Crippen LogP contribution < -0.4 is 11.1 Å². The molecule has 0 unspecified atom stereocenters. The third-order valence-electron chi connectivity index (χ3n) is 2.80. The summed E-state index contributed by atoms with van der Waals surface area (Å²) >= 11 is 3.01. The minimum absolute atomic E-state index is 0.545. The maximum atomic E-state index is 5.97. The molecule has 0 aliphatic carbocycles. The normalized spacial score (nSPS) is 11.2. The molecule has 7 heteroatoms. The predicted molar refractivity (Wildman–Crippen MR) is 91.1 cm³/mol. The van der Waals surface area contributed by atoms with Crippen molar-refractivity contribution in [1.29, 1.82) is 0 Å². The lowest BCUT2D eigenvalue weighted by Crippen LogP contribution is -2.08. The first kappa shape index (κ1) is 16.2. The number of ether oxygens (including phenoxy) is 1. The Morgan fingerprint density at radius 2 is 2.24 bits per heavy atom. The van der Waals surface area contributed by atoms with E-state index in [0.29, 0.717) is 11.7 Å². The van der Waals surface area contributed by atoms with Gasteiger partial charge >= 0.3 is 0 Å². The molecule has 5 nitrogen and oxygen atoms in total. The lowest BCUT2D eigenvalue weighted by atomic mass is 10.2. The van der Waals surface area contributed by atoms with Gasteiger partial charge in [0, 0.05) is 25.1 Å². The molecule has 0 bridgehead atoms. The van der Waals surface area contributed by atoms with Crippen molar-refractivity contribution < 1.29 is 4.74 Å². The second-order valence-corrected chi connectivity index (χ2v) is 7.11. The number of nitrogen functional groups attached to an aromatic ring is 1. The fourth-order valence-corrected chi connectivity index (χ4v) is 3.20. The van der Waals surface area contributed by atoms with Gasteiger partial charge in [-0.15, -0.1) is 11.3 Å². The summed E-state index contributed by atoms with van der Waals surface area (Å²) in [7, 11) is 0. The van der Waals surface area contributed by atoms with E-state index in [2.05, 4.69) is 28.5 Å². The van der Waals surface area contributed by atoms with Gasteiger partial charge < -0.3 is 15.8 Å². The molecule has 3 N–H and O–H groups in total. The van der Waals surface area contributed by atoms with Crippen LogP contribution in [0.1, 0.15) is 25.3 Å². The highest BCUT2D eigenvalue weighted by Crippen LogP contribution is 2.36. The first-order chi connectivity index (χ1) is 10.1. The van der Waals surface area contributed by atoms with Crippen LogP contribution in [0.5, 0.6) is 0 Å². The number of aromatic nitrogens is 2. The number of hydrogen-bond acceptors (Lipinski definition) is 7. The minimum Gasteiger partial charge on any atom is -0.382 e. The number of anilines is 2. The molecule has 0 aromatic carbocycles. The van der Waals surface area contributed by atoms with Crippen LogP contribution in [0, 0.1) is 12.8 Å². The van der Waals surface area contributed by atoms with E-state index in [1.165, 1.54) is 11.5 Å². The average Bonchev–Trinajstić information content (AvgIpc) is 2.99. The summed E-state index contributed by atoms with van der Waals surface area (Å²) in [5.74, 6) is 1.13. The van der Waals surface area contributed by atoms with Crippen molar-refractivity contribution in [3.8, 4) is 11.3 Å². The summed E-state index contributed by atoms with van der Waals surface area (Å²) in [4.78, 5) is 4.49. The molecule has 116 valence electrons. The van der Waals surface area contributed by atoms with E-state index in [1.807, 2.05) is 12.3 Å². The molecule has 2 heterocycles. The van der Waals surface area contributed by atoms with Crippen molar-refractivity contribution in [2.45, 2.75) is 27.2 Å². The summed E-state index contributed by atoms with van der Waals surface area (Å²) in [6.45, 7) is 8.72. The first-order valence-corrected chi connectivity index (χ1v) is 8.72. The van der Waals surface area contributed by atoms with Crippen molar-refractivity contribution in [1.82, 2.24) is 9.36 Å². The highest BCUT2D eigenvalue weighted by Gasteiger charge is 2.15. The summed E-state index contributed by atoms with van der Waals surface area (Å²) in [5.41, 5.74) is 7.80. The molecule has 21 heavy (non-hydrogen) atoms. The molecule has 2 aromatic rings. The summed E-state index contributed by atoms with van der Waals surface area (Å²) in [6, 6.07) is 0. The zero-order valence-corrected chi connectivity index (χ0v) is 14.3. The smallest absolute Gasteiger partial charge is 0.148 e. The number of rotatable bonds is 8. The van der Waals surface area contributed by atoms with Gasteiger partial charge in [0.05, 0.1) is 16.3 Å². The van der Waals surface area contributed by atoms with Gasteiger partial charge in [0.15, 0.2) is 0 Å². The quantitative estimate of drug-likeness (QED) is 0.725. The van der Waals surface area contributed by atoms with Gasteiger partial charge in [0.25, 0.3) is 0 Å². The van der Waals surface area contributed by atoms with Crippen molar-refractivity contribution >= 4 is 33.7 Å². The Morgan fingerprint density at radius 3 is 2.90 bits per heavy atom. The van der Waals surface area contributed by atoms with Gasteiger partial charge in [-0.1, -0.05) is 13.8 Å². The second kappa shape index (κ2) is 7.72. The maximum absolute atomic E-state index is 5.97. The average molecular weight is 326 g/mol. The molecule has 0 saturated heterocycles. The topological polar surface area (TPSA) is 73.1 Å². The van der Waals surface area contributed by atoms with Crippen LogP contribution in [-0.2, 0) is 4.74 Å². The van der Waals surface area contributed by atoms with Crippen LogP contribution in [0.25, 0.3) is 11.3 Å². The number of nitrogens with two attached hydrogens (primary N) is 1. The zero-order chi connectivity index (χ0) is 15.2. The SMILES string of the molecule is Cc1nc(-c2c(N)nsc2NCCCOCC(C)C)cs1. The van der Waals surface area contributed by atoms with Crippen molar-refractivity contribution in [3.05, 3.63) is 10.4 Å². The Morgan fingerprint density at radius 1 is 1.43 bits per heavy atom. The highest BCUT2D eigenvalue weighted by molar-refractivity contribution is 7.11. The van der Waals surface area contributed by atoms with Gasteiger partial charge in [-0.3, -0.25) is 0 Å². The Bertz CT molecular complexity index is 565. The Balaban J connectivity index is 1.87. The highest BCUT2D eigenvalue weighted by atomic mass is 32.1. The van der Waals surface area contributed by atoms with E-state index in [9.17, 15) is 0 Å². The van der Waals surface area contributed by atoms with Crippen LogP contribution in [0.15, 0.2) is 5.38 Å². The van der Waals surface area contributed by atoms with Gasteiger partial charge in [-0.25, -0.2) is 4.98 Å². The minimum atomic E-state index is 0.545. The van der Waals surface area contributed by atoms with E-state index < -0.39 is 0 Å². The van der Waals surface area contributed by atoms with Crippen molar-refractivity contribution in [2.24, 2.45) is 5.92 Å². The van der Waals surface area contributed by atoms with Crippen LogP contribution in [0.4, 0.5) is 10.8 Å². The number of aryl methyl sites for hydroxylation is 1. The number of nitrogens with zero attached hydrogens (tertiary/aromatic N) is 2. The Kier molecular flexibility index (Phi) is 5.96. The molecular weight excluding hydrogens is 304 g/mol. The molecule has 0 aliphatic rings. The number of hydrogen-bond donors (Lipinski definition) is 2. The summed E-state index contributed by atoms with van der Waals surface area (Å²) in [5, 5.41) is 7.43. The van der Waals surface area contributed by atoms with Crippen LogP contribution in [-0.4, -0.2) is 29.1 Å². The molecule has 0 amide bonds. The molecule has 0 radical (unpaired) electrons. The second-order valence-electron chi connectivity index (χ2n) is 5.27. The van der Waals surface area contributed by atoms with E-state index >= 15 is 0 Å². The first-order valence-electron chi connectivity index (χ1n) is 7.07. The molecule has 0 saturated carbocycles. The van der Waals surface area contributed by atoms with Crippen molar-refractivity contribution in [3.63, 3.8) is 0 Å². The molecule has 2 rings (SSSR count). The third-order valence-corrected chi connectivity index (χ3v) is 4.39. The molecule has 0 aliphatic heterocycles. The maximum Gasteiger partial charge on any atom is 0.148 e. The lowest BCUT2D eigenvalue weighted by molar-refractivity contribution is 0.110. The summed E-state index contributed by atoms with van der Waals surface area (Å²) in [6.07, 6.45) is 0.958. The third kappa shape index (κ3) is 4.66. The summed E-state index contributed by atoms with van der Waals surface area (Å²) < 4.78 is 9.80. The van der Waals surface area contributed by atoms with Gasteiger partial charge in [-0.2, -0.15) is 4.37 Å². The Labute approximate surface area is 133 Å². The van der Waals surface area contributed by atoms with Gasteiger partial charge in [0.2, 0.25) is 0 Å². The molecule has 0 fully saturated rings. The lowest BCUT2D eigenvalue weighted by Gasteiger charge is -2.08. The largest absolute Gasteiger partial charge is 0.382 e. The van der Waals surface area contributed by atoms with Gasteiger partial charge in [0.1, 0.15) is 10.8 Å². The number of nitrogens with one attached hydrogen (secondary N) is 1. The predicted octanol–water partition coefficient (Wildman–Crippen LogP) is 3.63. The van der Waals surface area contributed by atoms with Crippen LogP contribution in [0.2, 0.25) is 0 Å². The van der Waals surface area contributed by atoms with E-state index in [1.54, 1.807) is 11.3 Å². The van der Waals surface area contributed by atoms with E-state index in [4.69, 9.17) is 10.5 Å². The monoisotopic (exact) mass is 326 g/mol. The molecule has 0 spiro atoms. The molecule has 2 aromatic heterocycles. The van der Waals surface area contributed by atoms with Crippen molar-refractivity contribution in [2.75, 3.05) is 30.8 Å². The molecule has 0 atom stereocenters. The van der Waals surface area contributed by atoms with E-state index in [0.717, 1.165) is 47.4 Å². The Hall–Kier alpha value is -1.18. The van der Waals surface area contributed by atoms with Gasteiger partial charge in [-0.05, 0) is 30.8 Å². The van der Waals surface area contributed by atoms with E-state index in [-0.39, 0.29) is 0 Å². The van der Waals surface area contributed by atoms with Crippen LogP contribution in [0.3, 0.4) is 0 Å². The number of thiazole rings is 1. The molecular formula is C14H22N4OS2. The standard InChI is InChI=1S/C14H22N4OS2/c1-9(2)7-19-6-4-5-16-14-12(13(15)18-21-14)11-8-20-10(3)17-11/h8-9,16H,4-7H2,1-3H3,(H2,15,18). The van der Waals surface area contributed by atoms with Crippen LogP contribution >= 0.6 is 22.9 Å². The fourth-order valence-electron chi connectivity index (χ4n) is 1.84. The zero-order valence-electron chi connectivity index (χ0n) is 12.7.